The third-order valence-electron chi connectivity index (χ3n) is 2.14. The van der Waals surface area contributed by atoms with E-state index in [9.17, 15) is 4.39 Å². The van der Waals surface area contributed by atoms with E-state index >= 15 is 0 Å². The van der Waals surface area contributed by atoms with Gasteiger partial charge in [-0.2, -0.15) is 5.10 Å². The maximum Gasteiger partial charge on any atom is 0.125 e. The van der Waals surface area contributed by atoms with Crippen LogP contribution in [-0.4, -0.2) is 16.3 Å². The largest absolute Gasteiger partial charge is 0.330 e. The van der Waals surface area contributed by atoms with E-state index in [4.69, 9.17) is 5.73 Å². The van der Waals surface area contributed by atoms with Crippen LogP contribution in [0, 0.1) is 5.82 Å². The first kappa shape index (κ1) is 9.86. The fraction of sp³-hybridized carbons (Fsp3) is 0.182. The van der Waals surface area contributed by atoms with Crippen LogP contribution < -0.4 is 5.73 Å². The number of rotatable bonds is 3. The van der Waals surface area contributed by atoms with Gasteiger partial charge in [0.25, 0.3) is 0 Å². The van der Waals surface area contributed by atoms with E-state index < -0.39 is 0 Å². The van der Waals surface area contributed by atoms with Gasteiger partial charge in [-0.25, -0.2) is 9.07 Å². The van der Waals surface area contributed by atoms with E-state index in [1.807, 2.05) is 6.07 Å². The quantitative estimate of drug-likeness (QED) is 0.825. The molecule has 2 aromatic rings. The zero-order valence-corrected chi connectivity index (χ0v) is 8.23. The van der Waals surface area contributed by atoms with Crippen LogP contribution in [0.2, 0.25) is 0 Å². The van der Waals surface area contributed by atoms with Gasteiger partial charge in [0.05, 0.1) is 5.69 Å². The highest BCUT2D eigenvalue weighted by Crippen LogP contribution is 2.13. The van der Waals surface area contributed by atoms with Crippen molar-refractivity contribution < 1.29 is 4.39 Å². The van der Waals surface area contributed by atoms with E-state index in [0.29, 0.717) is 13.0 Å². The SMILES string of the molecule is NCCc1cc(F)cc(-n2cccn2)c1. The van der Waals surface area contributed by atoms with Gasteiger partial charge in [0.2, 0.25) is 0 Å². The third kappa shape index (κ3) is 2.22. The monoisotopic (exact) mass is 205 g/mol. The van der Waals surface area contributed by atoms with Crippen molar-refractivity contribution in [2.45, 2.75) is 6.42 Å². The Kier molecular flexibility index (Phi) is 2.78. The summed E-state index contributed by atoms with van der Waals surface area (Å²) in [6.45, 7) is 0.516. The molecule has 1 aromatic heterocycles. The second-order valence-electron chi connectivity index (χ2n) is 3.31. The molecule has 0 atom stereocenters. The summed E-state index contributed by atoms with van der Waals surface area (Å²) in [7, 11) is 0. The molecule has 1 aromatic carbocycles. The van der Waals surface area contributed by atoms with Crippen molar-refractivity contribution in [1.29, 1.82) is 0 Å². The molecule has 2 rings (SSSR count). The predicted octanol–water partition coefficient (Wildman–Crippen LogP) is 1.51. The summed E-state index contributed by atoms with van der Waals surface area (Å²) in [6, 6.07) is 6.64. The third-order valence-corrected chi connectivity index (χ3v) is 2.14. The summed E-state index contributed by atoms with van der Waals surface area (Å²) < 4.78 is 14.9. The van der Waals surface area contributed by atoms with Crippen LogP contribution >= 0.6 is 0 Å². The van der Waals surface area contributed by atoms with Gasteiger partial charge < -0.3 is 5.73 Å². The zero-order valence-electron chi connectivity index (χ0n) is 8.23. The normalized spacial score (nSPS) is 10.5. The lowest BCUT2D eigenvalue weighted by Gasteiger charge is -2.05. The molecule has 1 heterocycles. The lowest BCUT2D eigenvalue weighted by molar-refractivity contribution is 0.622. The van der Waals surface area contributed by atoms with E-state index in [1.54, 1.807) is 23.1 Å². The van der Waals surface area contributed by atoms with Crippen molar-refractivity contribution in [3.05, 3.63) is 48.0 Å². The van der Waals surface area contributed by atoms with Gasteiger partial charge in [0.15, 0.2) is 0 Å². The van der Waals surface area contributed by atoms with Crippen molar-refractivity contribution in [3.63, 3.8) is 0 Å². The van der Waals surface area contributed by atoms with Crippen LogP contribution in [0.5, 0.6) is 0 Å². The van der Waals surface area contributed by atoms with Gasteiger partial charge in [-0.15, -0.1) is 0 Å². The molecule has 3 nitrogen and oxygen atoms in total. The first-order valence-corrected chi connectivity index (χ1v) is 4.79. The van der Waals surface area contributed by atoms with Gasteiger partial charge in [-0.1, -0.05) is 0 Å². The number of halogens is 1. The van der Waals surface area contributed by atoms with Crippen LogP contribution in [0.15, 0.2) is 36.7 Å². The maximum atomic E-state index is 13.3. The van der Waals surface area contributed by atoms with Gasteiger partial charge >= 0.3 is 0 Å². The fourth-order valence-corrected chi connectivity index (χ4v) is 1.50. The molecule has 0 radical (unpaired) electrons. The molecule has 0 fully saturated rings. The molecule has 0 aliphatic rings. The van der Waals surface area contributed by atoms with Crippen molar-refractivity contribution in [3.8, 4) is 5.69 Å². The zero-order chi connectivity index (χ0) is 10.7. The maximum absolute atomic E-state index is 13.3. The average Bonchev–Trinajstić information content (AvgIpc) is 2.70. The molecule has 0 saturated heterocycles. The number of benzene rings is 1. The minimum Gasteiger partial charge on any atom is -0.330 e. The number of aromatic nitrogens is 2. The van der Waals surface area contributed by atoms with Crippen LogP contribution in [0.1, 0.15) is 5.56 Å². The number of hydrogen-bond donors (Lipinski definition) is 1. The van der Waals surface area contributed by atoms with E-state index in [1.165, 1.54) is 12.1 Å². The highest BCUT2D eigenvalue weighted by atomic mass is 19.1. The average molecular weight is 205 g/mol. The highest BCUT2D eigenvalue weighted by Gasteiger charge is 2.02. The molecule has 0 aliphatic carbocycles. The second kappa shape index (κ2) is 4.23. The topological polar surface area (TPSA) is 43.8 Å². The number of nitrogens with zero attached hydrogens (tertiary/aromatic N) is 2. The lowest BCUT2D eigenvalue weighted by atomic mass is 10.1. The minimum atomic E-state index is -0.258. The standard InChI is InChI=1S/C11H12FN3/c12-10-6-9(2-3-13)7-11(8-10)15-5-1-4-14-15/h1,4-8H,2-3,13H2. The molecule has 0 amide bonds. The summed E-state index contributed by atoms with van der Waals surface area (Å²) in [4.78, 5) is 0. The molecule has 15 heavy (non-hydrogen) atoms. The summed E-state index contributed by atoms with van der Waals surface area (Å²) >= 11 is 0. The molecule has 0 saturated carbocycles. The van der Waals surface area contributed by atoms with Crippen LogP contribution in [0.25, 0.3) is 5.69 Å². The molecule has 0 bridgehead atoms. The Labute approximate surface area is 87.3 Å². The van der Waals surface area contributed by atoms with Gasteiger partial charge in [-0.3, -0.25) is 0 Å². The molecular formula is C11H12FN3. The Morgan fingerprint density at radius 2 is 2.20 bits per heavy atom. The first-order valence-electron chi connectivity index (χ1n) is 4.79. The predicted molar refractivity (Wildman–Crippen MR) is 56.3 cm³/mol. The van der Waals surface area contributed by atoms with Crippen molar-refractivity contribution >= 4 is 0 Å². The Morgan fingerprint density at radius 3 is 2.87 bits per heavy atom. The Bertz CT molecular complexity index is 437. The Hall–Kier alpha value is -1.68. The van der Waals surface area contributed by atoms with Crippen molar-refractivity contribution in [1.82, 2.24) is 9.78 Å². The van der Waals surface area contributed by atoms with Crippen LogP contribution in [0.3, 0.4) is 0 Å². The van der Waals surface area contributed by atoms with E-state index in [-0.39, 0.29) is 5.82 Å². The molecular weight excluding hydrogens is 193 g/mol. The first-order chi connectivity index (χ1) is 7.29. The van der Waals surface area contributed by atoms with Crippen molar-refractivity contribution in [2.24, 2.45) is 5.73 Å². The van der Waals surface area contributed by atoms with E-state index in [2.05, 4.69) is 5.10 Å². The van der Waals surface area contributed by atoms with Gasteiger partial charge in [-0.05, 0) is 42.8 Å². The lowest BCUT2D eigenvalue weighted by Crippen LogP contribution is -2.04. The fourth-order valence-electron chi connectivity index (χ4n) is 1.50. The summed E-state index contributed by atoms with van der Waals surface area (Å²) in [5, 5.41) is 4.05. The Balaban J connectivity index is 2.40. The molecule has 2 N–H and O–H groups in total. The van der Waals surface area contributed by atoms with Crippen LogP contribution in [0.4, 0.5) is 4.39 Å². The van der Waals surface area contributed by atoms with Crippen molar-refractivity contribution in [2.75, 3.05) is 6.54 Å². The molecule has 0 spiro atoms. The van der Waals surface area contributed by atoms with Gasteiger partial charge in [0.1, 0.15) is 5.82 Å². The number of nitrogens with two attached hydrogens (primary N) is 1. The summed E-state index contributed by atoms with van der Waals surface area (Å²) in [6.07, 6.45) is 4.11. The molecule has 78 valence electrons. The molecule has 0 aliphatic heterocycles. The smallest absolute Gasteiger partial charge is 0.125 e. The van der Waals surface area contributed by atoms with E-state index in [0.717, 1.165) is 11.3 Å². The Morgan fingerprint density at radius 1 is 1.33 bits per heavy atom. The van der Waals surface area contributed by atoms with Gasteiger partial charge in [0, 0.05) is 12.4 Å². The molecule has 0 unspecified atom stereocenters. The number of hydrogen-bond acceptors (Lipinski definition) is 2. The summed E-state index contributed by atoms with van der Waals surface area (Å²) in [5.41, 5.74) is 7.05. The minimum absolute atomic E-state index is 0.258. The molecule has 4 heteroatoms. The summed E-state index contributed by atoms with van der Waals surface area (Å²) in [5.74, 6) is -0.258. The second-order valence-corrected chi connectivity index (χ2v) is 3.31. The van der Waals surface area contributed by atoms with Crippen LogP contribution in [-0.2, 0) is 6.42 Å². The highest BCUT2D eigenvalue weighted by molar-refractivity contribution is 5.36.